The first kappa shape index (κ1) is 13.2. The summed E-state index contributed by atoms with van der Waals surface area (Å²) in [6, 6.07) is 6.37. The highest BCUT2D eigenvalue weighted by Gasteiger charge is 2.12. The lowest BCUT2D eigenvalue weighted by Gasteiger charge is -2.14. The number of hydrogen-bond donors (Lipinski definition) is 1. The van der Waals surface area contributed by atoms with E-state index in [4.69, 9.17) is 5.73 Å². The van der Waals surface area contributed by atoms with Gasteiger partial charge in [0.05, 0.1) is 0 Å². The minimum atomic E-state index is -0.260. The van der Waals surface area contributed by atoms with E-state index in [0.717, 1.165) is 28.6 Å². The minimum absolute atomic E-state index is 0.190. The normalized spacial score (nSPS) is 12.7. The molecule has 0 radical (unpaired) electrons. The van der Waals surface area contributed by atoms with Crippen molar-refractivity contribution in [3.63, 3.8) is 0 Å². The van der Waals surface area contributed by atoms with E-state index in [2.05, 4.69) is 21.0 Å². The van der Waals surface area contributed by atoms with E-state index in [1.807, 2.05) is 17.8 Å². The Balaban J connectivity index is 2.06. The highest BCUT2D eigenvalue weighted by Crippen LogP contribution is 2.25. The van der Waals surface area contributed by atoms with Crippen molar-refractivity contribution in [2.45, 2.75) is 18.9 Å². The summed E-state index contributed by atoms with van der Waals surface area (Å²) < 4.78 is 15.9. The molecule has 3 nitrogen and oxygen atoms in total. The van der Waals surface area contributed by atoms with Crippen LogP contribution in [0.15, 0.2) is 34.9 Å². The Bertz CT molecular complexity index is 539. The van der Waals surface area contributed by atoms with Crippen LogP contribution in [0, 0.1) is 5.82 Å². The molecule has 1 aromatic carbocycles. The van der Waals surface area contributed by atoms with Gasteiger partial charge in [-0.3, -0.25) is 4.68 Å². The third-order valence-electron chi connectivity index (χ3n) is 2.99. The Labute approximate surface area is 114 Å². The van der Waals surface area contributed by atoms with Crippen molar-refractivity contribution in [2.24, 2.45) is 12.8 Å². The van der Waals surface area contributed by atoms with Gasteiger partial charge >= 0.3 is 0 Å². The zero-order chi connectivity index (χ0) is 13.1. The van der Waals surface area contributed by atoms with Gasteiger partial charge in [-0.1, -0.05) is 15.9 Å². The van der Waals surface area contributed by atoms with E-state index in [-0.39, 0.29) is 11.9 Å². The molecule has 5 heteroatoms. The number of nitrogens with two attached hydrogens (primary N) is 1. The summed E-state index contributed by atoms with van der Waals surface area (Å²) in [5.74, 6) is -0.260. The van der Waals surface area contributed by atoms with Crippen molar-refractivity contribution in [2.75, 3.05) is 0 Å². The van der Waals surface area contributed by atoms with Crippen LogP contribution < -0.4 is 5.73 Å². The van der Waals surface area contributed by atoms with Crippen LogP contribution in [0.5, 0.6) is 0 Å². The summed E-state index contributed by atoms with van der Waals surface area (Å²) in [5.41, 5.74) is 8.03. The van der Waals surface area contributed by atoms with E-state index < -0.39 is 0 Å². The number of aryl methyl sites for hydroxylation is 2. The molecule has 2 rings (SSSR count). The van der Waals surface area contributed by atoms with E-state index >= 15 is 0 Å². The molecule has 0 saturated heterocycles. The topological polar surface area (TPSA) is 43.8 Å². The second kappa shape index (κ2) is 5.63. The first-order valence-electron chi connectivity index (χ1n) is 5.75. The van der Waals surface area contributed by atoms with Gasteiger partial charge in [-0.25, -0.2) is 4.39 Å². The lowest BCUT2D eigenvalue weighted by atomic mass is 10.0. The van der Waals surface area contributed by atoms with Crippen molar-refractivity contribution < 1.29 is 4.39 Å². The van der Waals surface area contributed by atoms with Crippen LogP contribution in [-0.4, -0.2) is 9.78 Å². The van der Waals surface area contributed by atoms with Crippen LogP contribution >= 0.6 is 15.9 Å². The maximum Gasteiger partial charge on any atom is 0.123 e. The predicted molar refractivity (Wildman–Crippen MR) is 72.6 cm³/mol. The van der Waals surface area contributed by atoms with Gasteiger partial charge in [0.1, 0.15) is 5.82 Å². The lowest BCUT2D eigenvalue weighted by molar-refractivity contribution is 0.595. The SMILES string of the molecule is Cn1nccc1CCC(N)c1cc(F)ccc1Br. The standard InChI is InChI=1S/C13H15BrFN3/c1-18-10(6-7-17-18)3-5-13(16)11-8-9(15)2-4-12(11)14/h2,4,6-8,13H,3,5,16H2,1H3. The third-order valence-corrected chi connectivity index (χ3v) is 3.71. The third kappa shape index (κ3) is 2.97. The largest absolute Gasteiger partial charge is 0.324 e. The first-order chi connectivity index (χ1) is 8.58. The molecule has 0 bridgehead atoms. The van der Waals surface area contributed by atoms with Crippen molar-refractivity contribution in [3.05, 3.63) is 52.0 Å². The highest BCUT2D eigenvalue weighted by atomic mass is 79.9. The van der Waals surface area contributed by atoms with Crippen LogP contribution in [0.4, 0.5) is 4.39 Å². The second-order valence-electron chi connectivity index (χ2n) is 4.26. The minimum Gasteiger partial charge on any atom is -0.324 e. The Morgan fingerprint density at radius 2 is 2.22 bits per heavy atom. The Morgan fingerprint density at radius 1 is 1.44 bits per heavy atom. The molecule has 0 saturated carbocycles. The Morgan fingerprint density at radius 3 is 2.89 bits per heavy atom. The summed E-state index contributed by atoms with van der Waals surface area (Å²) >= 11 is 3.40. The van der Waals surface area contributed by atoms with Gasteiger partial charge in [0.2, 0.25) is 0 Å². The quantitative estimate of drug-likeness (QED) is 0.943. The van der Waals surface area contributed by atoms with Gasteiger partial charge in [-0.05, 0) is 42.7 Å². The average molecular weight is 312 g/mol. The van der Waals surface area contributed by atoms with Gasteiger partial charge in [-0.2, -0.15) is 5.10 Å². The molecule has 1 unspecified atom stereocenters. The molecule has 0 aliphatic rings. The molecular formula is C13H15BrFN3. The average Bonchev–Trinajstić information content (AvgIpc) is 2.75. The van der Waals surface area contributed by atoms with Crippen molar-refractivity contribution in [1.29, 1.82) is 0 Å². The lowest BCUT2D eigenvalue weighted by Crippen LogP contribution is -2.13. The molecule has 1 aromatic heterocycles. The van der Waals surface area contributed by atoms with Crippen LogP contribution in [0.3, 0.4) is 0 Å². The fraction of sp³-hybridized carbons (Fsp3) is 0.308. The number of hydrogen-bond acceptors (Lipinski definition) is 2. The second-order valence-corrected chi connectivity index (χ2v) is 5.11. The Hall–Kier alpha value is -1.20. The van der Waals surface area contributed by atoms with Crippen molar-refractivity contribution in [3.8, 4) is 0 Å². The first-order valence-corrected chi connectivity index (χ1v) is 6.54. The van der Waals surface area contributed by atoms with Gasteiger partial charge in [-0.15, -0.1) is 0 Å². The van der Waals surface area contributed by atoms with Gasteiger partial charge < -0.3 is 5.73 Å². The highest BCUT2D eigenvalue weighted by molar-refractivity contribution is 9.10. The molecule has 0 spiro atoms. The fourth-order valence-corrected chi connectivity index (χ4v) is 2.44. The van der Waals surface area contributed by atoms with Crippen LogP contribution in [-0.2, 0) is 13.5 Å². The van der Waals surface area contributed by atoms with Crippen molar-refractivity contribution in [1.82, 2.24) is 9.78 Å². The molecule has 1 heterocycles. The summed E-state index contributed by atoms with van der Waals surface area (Å²) in [4.78, 5) is 0. The number of aromatic nitrogens is 2. The van der Waals surface area contributed by atoms with Gasteiger partial charge in [0, 0.05) is 29.5 Å². The number of benzene rings is 1. The van der Waals surface area contributed by atoms with Crippen LogP contribution in [0.2, 0.25) is 0 Å². The van der Waals surface area contributed by atoms with E-state index in [1.165, 1.54) is 12.1 Å². The van der Waals surface area contributed by atoms with Crippen LogP contribution in [0.25, 0.3) is 0 Å². The molecule has 96 valence electrons. The summed E-state index contributed by atoms with van der Waals surface area (Å²) in [7, 11) is 1.90. The van der Waals surface area contributed by atoms with E-state index in [0.29, 0.717) is 0 Å². The number of nitrogens with zero attached hydrogens (tertiary/aromatic N) is 2. The monoisotopic (exact) mass is 311 g/mol. The van der Waals surface area contributed by atoms with Crippen molar-refractivity contribution >= 4 is 15.9 Å². The number of rotatable bonds is 4. The van der Waals surface area contributed by atoms with E-state index in [9.17, 15) is 4.39 Å². The molecule has 0 aliphatic carbocycles. The molecule has 1 atom stereocenters. The molecule has 0 amide bonds. The summed E-state index contributed by atoms with van der Waals surface area (Å²) in [6.45, 7) is 0. The zero-order valence-corrected chi connectivity index (χ0v) is 11.7. The zero-order valence-electron chi connectivity index (χ0n) is 10.1. The van der Waals surface area contributed by atoms with Gasteiger partial charge in [0.25, 0.3) is 0 Å². The molecule has 0 aliphatic heterocycles. The smallest absolute Gasteiger partial charge is 0.123 e. The molecule has 2 aromatic rings. The number of halogens is 2. The van der Waals surface area contributed by atoms with E-state index in [1.54, 1.807) is 12.3 Å². The molecule has 2 N–H and O–H groups in total. The maximum absolute atomic E-state index is 13.2. The molecular weight excluding hydrogens is 297 g/mol. The molecule has 18 heavy (non-hydrogen) atoms. The molecule has 0 fully saturated rings. The van der Waals surface area contributed by atoms with Crippen LogP contribution in [0.1, 0.15) is 23.7 Å². The Kier molecular flexibility index (Phi) is 4.14. The predicted octanol–water partition coefficient (Wildman–Crippen LogP) is 2.95. The maximum atomic E-state index is 13.2. The summed E-state index contributed by atoms with van der Waals surface area (Å²) in [6.07, 6.45) is 3.33. The summed E-state index contributed by atoms with van der Waals surface area (Å²) in [5, 5.41) is 4.11. The van der Waals surface area contributed by atoms with Gasteiger partial charge in [0.15, 0.2) is 0 Å². The fourth-order valence-electron chi connectivity index (χ4n) is 1.90.